The largest absolute Gasteiger partial charge is 0.369 e. The van der Waals surface area contributed by atoms with Gasteiger partial charge in [0.15, 0.2) is 0 Å². The van der Waals surface area contributed by atoms with Gasteiger partial charge >= 0.3 is 0 Å². The second kappa shape index (κ2) is 8.92. The molecule has 162 valence electrons. The van der Waals surface area contributed by atoms with Crippen molar-refractivity contribution in [2.24, 2.45) is 11.7 Å². The van der Waals surface area contributed by atoms with Crippen molar-refractivity contribution < 1.29 is 14.0 Å². The van der Waals surface area contributed by atoms with Crippen LogP contribution in [0.15, 0.2) is 48.7 Å². The second-order valence-corrected chi connectivity index (χ2v) is 8.30. The summed E-state index contributed by atoms with van der Waals surface area (Å²) in [6.45, 7) is 3.19. The zero-order valence-electron chi connectivity index (χ0n) is 17.7. The summed E-state index contributed by atoms with van der Waals surface area (Å²) in [6.07, 6.45) is 4.39. The molecule has 0 aliphatic carbocycles. The third-order valence-electron chi connectivity index (χ3n) is 6.49. The highest BCUT2D eigenvalue weighted by Crippen LogP contribution is 2.35. The first-order valence-corrected chi connectivity index (χ1v) is 10.9. The van der Waals surface area contributed by atoms with Crippen molar-refractivity contribution in [3.05, 3.63) is 71.2 Å². The minimum Gasteiger partial charge on any atom is -0.369 e. The van der Waals surface area contributed by atoms with Crippen molar-refractivity contribution in [2.75, 3.05) is 13.1 Å². The number of nitrogens with two attached hydrogens (primary N) is 1. The van der Waals surface area contributed by atoms with Crippen molar-refractivity contribution >= 4 is 22.7 Å². The number of halogens is 1. The fourth-order valence-electron chi connectivity index (χ4n) is 4.64. The molecule has 1 atom stereocenters. The predicted octanol–water partition coefficient (Wildman–Crippen LogP) is 4.12. The number of amides is 2. The Balaban J connectivity index is 1.64. The molecule has 1 aliphatic heterocycles. The van der Waals surface area contributed by atoms with E-state index in [2.05, 4.69) is 24.0 Å². The molecule has 0 bridgehead atoms. The van der Waals surface area contributed by atoms with Crippen LogP contribution in [0, 0.1) is 11.7 Å². The molecule has 1 unspecified atom stereocenters. The Morgan fingerprint density at radius 2 is 1.87 bits per heavy atom. The first-order valence-electron chi connectivity index (χ1n) is 10.9. The van der Waals surface area contributed by atoms with Crippen LogP contribution in [0.1, 0.15) is 48.8 Å². The van der Waals surface area contributed by atoms with E-state index in [0.29, 0.717) is 25.9 Å². The number of para-hydroxylation sites is 1. The van der Waals surface area contributed by atoms with Gasteiger partial charge in [-0.15, -0.1) is 0 Å². The number of aromatic amines is 1. The molecule has 0 radical (unpaired) electrons. The van der Waals surface area contributed by atoms with Crippen LogP contribution in [-0.4, -0.2) is 34.8 Å². The zero-order valence-corrected chi connectivity index (χ0v) is 17.7. The van der Waals surface area contributed by atoms with Crippen molar-refractivity contribution in [3.8, 4) is 0 Å². The first-order chi connectivity index (χ1) is 15.0. The van der Waals surface area contributed by atoms with Crippen LogP contribution in [-0.2, 0) is 16.0 Å². The van der Waals surface area contributed by atoms with E-state index < -0.39 is 0 Å². The van der Waals surface area contributed by atoms with Gasteiger partial charge < -0.3 is 15.6 Å². The number of aromatic nitrogens is 1. The van der Waals surface area contributed by atoms with Crippen molar-refractivity contribution in [1.82, 2.24) is 9.88 Å². The molecule has 31 heavy (non-hydrogen) atoms. The summed E-state index contributed by atoms with van der Waals surface area (Å²) >= 11 is 0. The van der Waals surface area contributed by atoms with Gasteiger partial charge in [0.1, 0.15) is 5.82 Å². The number of benzene rings is 2. The maximum Gasteiger partial charge on any atom is 0.223 e. The topological polar surface area (TPSA) is 79.2 Å². The van der Waals surface area contributed by atoms with Crippen LogP contribution in [0.4, 0.5) is 4.39 Å². The van der Waals surface area contributed by atoms with E-state index in [1.165, 1.54) is 17.7 Å². The molecule has 1 aliphatic rings. The maximum absolute atomic E-state index is 13.6. The Labute approximate surface area is 181 Å². The standard InChI is InChI=1S/C25H28FN3O2/c1-2-16-4-3-5-20-22(15-28-24(16)20)21(17-6-8-19(26)9-7-17)14-23(30)29-12-10-18(11-13-29)25(27)31/h3-9,15,18,21,28H,2,10-14H2,1H3,(H2,27,31). The molecule has 5 nitrogen and oxygen atoms in total. The van der Waals surface area contributed by atoms with E-state index in [0.717, 1.165) is 28.5 Å². The molecule has 2 aromatic carbocycles. The number of primary amides is 1. The number of carbonyl (C=O) groups excluding carboxylic acids is 2. The van der Waals surface area contributed by atoms with Gasteiger partial charge in [0.25, 0.3) is 0 Å². The highest BCUT2D eigenvalue weighted by molar-refractivity contribution is 5.88. The maximum atomic E-state index is 13.6. The molecule has 2 amide bonds. The van der Waals surface area contributed by atoms with Gasteiger partial charge in [-0.2, -0.15) is 0 Å². The third kappa shape index (κ3) is 4.33. The smallest absolute Gasteiger partial charge is 0.223 e. The number of likely N-dealkylation sites (tertiary alicyclic amines) is 1. The average Bonchev–Trinajstić information content (AvgIpc) is 3.22. The quantitative estimate of drug-likeness (QED) is 0.628. The molecular formula is C25H28FN3O2. The molecular weight excluding hydrogens is 393 g/mol. The van der Waals surface area contributed by atoms with Crippen LogP contribution in [0.25, 0.3) is 10.9 Å². The van der Waals surface area contributed by atoms with Crippen LogP contribution in [0.2, 0.25) is 0 Å². The molecule has 4 rings (SSSR count). The lowest BCUT2D eigenvalue weighted by atomic mass is 9.87. The number of piperidine rings is 1. The van der Waals surface area contributed by atoms with E-state index in [9.17, 15) is 14.0 Å². The third-order valence-corrected chi connectivity index (χ3v) is 6.49. The highest BCUT2D eigenvalue weighted by atomic mass is 19.1. The lowest BCUT2D eigenvalue weighted by Crippen LogP contribution is -2.42. The molecule has 0 spiro atoms. The lowest BCUT2D eigenvalue weighted by Gasteiger charge is -2.31. The number of hydrogen-bond donors (Lipinski definition) is 2. The van der Waals surface area contributed by atoms with Crippen LogP contribution in [0.3, 0.4) is 0 Å². The number of aryl methyl sites for hydroxylation is 1. The molecule has 1 saturated heterocycles. The molecule has 0 saturated carbocycles. The minimum absolute atomic E-state index is 0.0400. The molecule has 6 heteroatoms. The number of rotatable bonds is 6. The summed E-state index contributed by atoms with van der Waals surface area (Å²) in [5.41, 5.74) is 9.68. The summed E-state index contributed by atoms with van der Waals surface area (Å²) in [6, 6.07) is 12.6. The predicted molar refractivity (Wildman–Crippen MR) is 119 cm³/mol. The van der Waals surface area contributed by atoms with E-state index >= 15 is 0 Å². The summed E-state index contributed by atoms with van der Waals surface area (Å²) in [4.78, 5) is 29.9. The Hall–Kier alpha value is -3.15. The van der Waals surface area contributed by atoms with Crippen molar-refractivity contribution in [1.29, 1.82) is 0 Å². The first kappa shape index (κ1) is 21.1. The Morgan fingerprint density at radius 3 is 2.52 bits per heavy atom. The average molecular weight is 422 g/mol. The van der Waals surface area contributed by atoms with Crippen molar-refractivity contribution in [3.63, 3.8) is 0 Å². The summed E-state index contributed by atoms with van der Waals surface area (Å²) < 4.78 is 13.6. The molecule has 3 N–H and O–H groups in total. The monoisotopic (exact) mass is 421 g/mol. The van der Waals surface area contributed by atoms with Gasteiger partial charge in [-0.1, -0.05) is 37.3 Å². The zero-order chi connectivity index (χ0) is 22.0. The Kier molecular flexibility index (Phi) is 6.07. The lowest BCUT2D eigenvalue weighted by molar-refractivity contribution is -0.135. The van der Waals surface area contributed by atoms with Gasteiger partial charge in [0.05, 0.1) is 0 Å². The molecule has 1 aromatic heterocycles. The highest BCUT2D eigenvalue weighted by Gasteiger charge is 2.29. The van der Waals surface area contributed by atoms with E-state index in [1.807, 2.05) is 17.2 Å². The number of nitrogens with zero attached hydrogens (tertiary/aromatic N) is 1. The fourth-order valence-corrected chi connectivity index (χ4v) is 4.64. The van der Waals surface area contributed by atoms with Gasteiger partial charge in [-0.3, -0.25) is 9.59 Å². The molecule has 2 heterocycles. The molecule has 3 aromatic rings. The van der Waals surface area contributed by atoms with E-state index in [-0.39, 0.29) is 35.9 Å². The van der Waals surface area contributed by atoms with Crippen molar-refractivity contribution in [2.45, 2.75) is 38.5 Å². The SMILES string of the molecule is CCc1cccc2c(C(CC(=O)N3CCC(C(N)=O)CC3)c3ccc(F)cc3)c[nH]c12. The normalized spacial score (nSPS) is 15.9. The number of fused-ring (bicyclic) bond motifs is 1. The number of hydrogen-bond acceptors (Lipinski definition) is 2. The van der Waals surface area contributed by atoms with E-state index in [4.69, 9.17) is 5.73 Å². The minimum atomic E-state index is -0.297. The van der Waals surface area contributed by atoms with Crippen LogP contribution < -0.4 is 5.73 Å². The van der Waals surface area contributed by atoms with Gasteiger partial charge in [-0.25, -0.2) is 4.39 Å². The Bertz CT molecular complexity index is 1080. The molecule has 1 fully saturated rings. The van der Waals surface area contributed by atoms with Gasteiger partial charge in [0, 0.05) is 48.4 Å². The summed E-state index contributed by atoms with van der Waals surface area (Å²) in [7, 11) is 0. The van der Waals surface area contributed by atoms with Gasteiger partial charge in [0.2, 0.25) is 11.8 Å². The van der Waals surface area contributed by atoms with Gasteiger partial charge in [-0.05, 0) is 48.1 Å². The van der Waals surface area contributed by atoms with Crippen LogP contribution >= 0.6 is 0 Å². The second-order valence-electron chi connectivity index (χ2n) is 8.30. The Morgan fingerprint density at radius 1 is 1.16 bits per heavy atom. The fraction of sp³-hybridized carbons (Fsp3) is 0.360. The van der Waals surface area contributed by atoms with Crippen LogP contribution in [0.5, 0.6) is 0 Å². The van der Waals surface area contributed by atoms with E-state index in [1.54, 1.807) is 12.1 Å². The number of carbonyl (C=O) groups is 2. The number of H-pyrrole nitrogens is 1. The summed E-state index contributed by atoms with van der Waals surface area (Å²) in [5, 5.41) is 1.09. The summed E-state index contributed by atoms with van der Waals surface area (Å²) in [5.74, 6) is -0.893. The number of nitrogens with one attached hydrogen (secondary N) is 1.